The van der Waals surface area contributed by atoms with Gasteiger partial charge in [0, 0.05) is 5.92 Å². The van der Waals surface area contributed by atoms with Crippen molar-refractivity contribution in [3.05, 3.63) is 76.9 Å². The molecule has 0 saturated heterocycles. The van der Waals surface area contributed by atoms with Crippen molar-refractivity contribution in [3.8, 4) is 5.69 Å². The van der Waals surface area contributed by atoms with Crippen molar-refractivity contribution < 1.29 is 4.42 Å². The van der Waals surface area contributed by atoms with Gasteiger partial charge in [-0.15, -0.1) is 0 Å². The third-order valence-electron chi connectivity index (χ3n) is 4.90. The number of para-hydroxylation sites is 1. The molecule has 7 nitrogen and oxygen atoms in total. The number of nitrogens with zero attached hydrogens (tertiary/aromatic N) is 5. The Morgan fingerprint density at radius 3 is 2.81 bits per heavy atom. The highest BCUT2D eigenvalue weighted by Crippen LogP contribution is 2.47. The second kappa shape index (κ2) is 6.05. The van der Waals surface area contributed by atoms with Gasteiger partial charge in [-0.1, -0.05) is 25.1 Å². The molecule has 1 aliphatic rings. The van der Waals surface area contributed by atoms with Crippen molar-refractivity contribution in [2.45, 2.75) is 19.3 Å². The molecular formula is C20H17N5O2. The molecule has 0 aliphatic heterocycles. The van der Waals surface area contributed by atoms with Crippen LogP contribution in [0, 0.1) is 5.92 Å². The van der Waals surface area contributed by atoms with Crippen LogP contribution in [0.5, 0.6) is 0 Å². The average Bonchev–Trinajstić information content (AvgIpc) is 3.10. The van der Waals surface area contributed by atoms with Crippen molar-refractivity contribution in [2.75, 3.05) is 0 Å². The van der Waals surface area contributed by atoms with Crippen LogP contribution in [-0.4, -0.2) is 25.7 Å². The van der Waals surface area contributed by atoms with E-state index in [1.807, 2.05) is 42.5 Å². The molecule has 1 fully saturated rings. The van der Waals surface area contributed by atoms with Crippen LogP contribution in [-0.2, 0) is 0 Å². The molecule has 0 amide bonds. The van der Waals surface area contributed by atoms with Gasteiger partial charge in [0.2, 0.25) is 0 Å². The maximum atomic E-state index is 12.7. The maximum Gasteiger partial charge on any atom is 0.285 e. The van der Waals surface area contributed by atoms with Crippen molar-refractivity contribution in [3.63, 3.8) is 0 Å². The zero-order valence-electron chi connectivity index (χ0n) is 14.7. The monoisotopic (exact) mass is 359 g/mol. The van der Waals surface area contributed by atoms with Gasteiger partial charge in [0.15, 0.2) is 5.65 Å². The number of fused-ring (bicyclic) bond motifs is 1. The van der Waals surface area contributed by atoms with Gasteiger partial charge in [-0.2, -0.15) is 14.9 Å². The number of hydrogen-bond donors (Lipinski definition) is 0. The standard InChI is InChI=1S/C20H17N5O2/c1-13-9-16(13)18-8-7-15(27-18)10-22-24-12-21-19-17(20(24)26)11-23-25(19)14-5-3-2-4-6-14/h2-8,10-13,16H,9H2,1H3/b22-10-/t13-,16+/m0/s1. The SMILES string of the molecule is C[C@H]1C[C@H]1c1ccc(/C=N\n2cnc3c(cnn3-c3ccccc3)c2=O)o1. The van der Waals surface area contributed by atoms with Gasteiger partial charge in [-0.05, 0) is 36.6 Å². The molecule has 0 radical (unpaired) electrons. The Morgan fingerprint density at radius 1 is 1.22 bits per heavy atom. The highest BCUT2D eigenvalue weighted by molar-refractivity contribution is 5.77. The quantitative estimate of drug-likeness (QED) is 0.524. The summed E-state index contributed by atoms with van der Waals surface area (Å²) in [6, 6.07) is 13.4. The van der Waals surface area contributed by atoms with Crippen molar-refractivity contribution in [1.29, 1.82) is 0 Å². The van der Waals surface area contributed by atoms with Crippen LogP contribution in [0.2, 0.25) is 0 Å². The van der Waals surface area contributed by atoms with Crippen molar-refractivity contribution in [2.24, 2.45) is 11.0 Å². The lowest BCUT2D eigenvalue weighted by molar-refractivity contribution is 0.500. The summed E-state index contributed by atoms with van der Waals surface area (Å²) in [5.41, 5.74) is 1.07. The number of hydrogen-bond acceptors (Lipinski definition) is 5. The van der Waals surface area contributed by atoms with Gasteiger partial charge >= 0.3 is 0 Å². The van der Waals surface area contributed by atoms with Crippen LogP contribution in [0.25, 0.3) is 16.7 Å². The molecule has 2 atom stereocenters. The second-order valence-corrected chi connectivity index (χ2v) is 6.83. The Kier molecular flexibility index (Phi) is 3.53. The molecule has 4 aromatic rings. The fraction of sp³-hybridized carbons (Fsp3) is 0.200. The summed E-state index contributed by atoms with van der Waals surface area (Å²) >= 11 is 0. The molecule has 0 N–H and O–H groups in total. The van der Waals surface area contributed by atoms with Crippen LogP contribution in [0.15, 0.2) is 69.3 Å². The van der Waals surface area contributed by atoms with E-state index in [4.69, 9.17) is 4.42 Å². The maximum absolute atomic E-state index is 12.7. The summed E-state index contributed by atoms with van der Waals surface area (Å²) in [5, 5.41) is 8.91. The van der Waals surface area contributed by atoms with Crippen LogP contribution < -0.4 is 5.56 Å². The lowest BCUT2D eigenvalue weighted by atomic mass is 10.3. The summed E-state index contributed by atoms with van der Waals surface area (Å²) < 4.78 is 8.62. The Morgan fingerprint density at radius 2 is 2.04 bits per heavy atom. The van der Waals surface area contributed by atoms with Crippen molar-refractivity contribution >= 4 is 17.2 Å². The van der Waals surface area contributed by atoms with E-state index in [1.54, 1.807) is 4.68 Å². The minimum Gasteiger partial charge on any atom is -0.460 e. The summed E-state index contributed by atoms with van der Waals surface area (Å²) in [6.07, 6.45) is 5.61. The fourth-order valence-electron chi connectivity index (χ4n) is 3.22. The molecule has 1 aromatic carbocycles. The second-order valence-electron chi connectivity index (χ2n) is 6.83. The summed E-state index contributed by atoms with van der Waals surface area (Å²) in [6.45, 7) is 2.21. The van der Waals surface area contributed by atoms with Gasteiger partial charge < -0.3 is 4.42 Å². The minimum atomic E-state index is -0.277. The van der Waals surface area contributed by atoms with Gasteiger partial charge in [0.1, 0.15) is 23.2 Å². The van der Waals surface area contributed by atoms with E-state index in [2.05, 4.69) is 22.1 Å². The molecule has 134 valence electrons. The average molecular weight is 359 g/mol. The molecule has 7 heteroatoms. The van der Waals surface area contributed by atoms with Crippen LogP contribution in [0.4, 0.5) is 0 Å². The predicted octanol–water partition coefficient (Wildman–Crippen LogP) is 3.18. The van der Waals surface area contributed by atoms with Crippen LogP contribution in [0.3, 0.4) is 0 Å². The van der Waals surface area contributed by atoms with E-state index in [0.717, 1.165) is 17.9 Å². The Bertz CT molecular complexity index is 1200. The van der Waals surface area contributed by atoms with E-state index in [1.165, 1.54) is 23.4 Å². The molecule has 0 bridgehead atoms. The van der Waals surface area contributed by atoms with E-state index in [-0.39, 0.29) is 5.56 Å². The van der Waals surface area contributed by atoms with Crippen LogP contribution >= 0.6 is 0 Å². The Labute approximate surface area is 154 Å². The Hall–Kier alpha value is -3.48. The van der Waals surface area contributed by atoms with Gasteiger partial charge in [-0.25, -0.2) is 9.67 Å². The molecule has 1 saturated carbocycles. The highest BCUT2D eigenvalue weighted by Gasteiger charge is 2.36. The molecule has 27 heavy (non-hydrogen) atoms. The summed E-state index contributed by atoms with van der Waals surface area (Å²) in [4.78, 5) is 17.0. The van der Waals surface area contributed by atoms with E-state index < -0.39 is 0 Å². The number of aromatic nitrogens is 4. The summed E-state index contributed by atoms with van der Waals surface area (Å²) in [7, 11) is 0. The zero-order valence-corrected chi connectivity index (χ0v) is 14.7. The zero-order chi connectivity index (χ0) is 18.4. The molecule has 0 spiro atoms. The first-order chi connectivity index (χ1) is 13.2. The lowest BCUT2D eigenvalue weighted by Gasteiger charge is -2.02. The first-order valence-corrected chi connectivity index (χ1v) is 8.85. The van der Waals surface area contributed by atoms with E-state index in [0.29, 0.717) is 28.6 Å². The lowest BCUT2D eigenvalue weighted by Crippen LogP contribution is -2.17. The highest BCUT2D eigenvalue weighted by atomic mass is 16.3. The van der Waals surface area contributed by atoms with Gasteiger partial charge in [0.05, 0.1) is 18.1 Å². The normalized spacial score (nSPS) is 19.1. The molecule has 3 heterocycles. The predicted molar refractivity (Wildman–Crippen MR) is 101 cm³/mol. The third kappa shape index (κ3) is 2.77. The Balaban J connectivity index is 1.47. The van der Waals surface area contributed by atoms with Crippen molar-refractivity contribution in [1.82, 2.24) is 19.4 Å². The minimum absolute atomic E-state index is 0.277. The van der Waals surface area contributed by atoms with Gasteiger partial charge in [0.25, 0.3) is 5.56 Å². The first-order valence-electron chi connectivity index (χ1n) is 8.85. The third-order valence-corrected chi connectivity index (χ3v) is 4.90. The van der Waals surface area contributed by atoms with E-state index in [9.17, 15) is 4.79 Å². The van der Waals surface area contributed by atoms with Gasteiger partial charge in [-0.3, -0.25) is 4.79 Å². The fourth-order valence-corrected chi connectivity index (χ4v) is 3.22. The molecule has 1 aliphatic carbocycles. The largest absolute Gasteiger partial charge is 0.460 e. The molecular weight excluding hydrogens is 342 g/mol. The number of benzene rings is 1. The molecule has 3 aromatic heterocycles. The molecule has 5 rings (SSSR count). The van der Waals surface area contributed by atoms with E-state index >= 15 is 0 Å². The van der Waals surface area contributed by atoms with Crippen LogP contribution in [0.1, 0.15) is 30.8 Å². The smallest absolute Gasteiger partial charge is 0.285 e. The summed E-state index contributed by atoms with van der Waals surface area (Å²) in [5.74, 6) is 2.79. The number of furan rings is 1. The topological polar surface area (TPSA) is 78.2 Å². The molecule has 0 unspecified atom stereocenters. The number of rotatable bonds is 4. The first kappa shape index (κ1) is 15.7.